The van der Waals surface area contributed by atoms with Gasteiger partial charge < -0.3 is 10.4 Å². The average molecular weight is 294 g/mol. The molecule has 0 spiro atoms. The van der Waals surface area contributed by atoms with Crippen molar-refractivity contribution in [3.8, 4) is 0 Å². The zero-order chi connectivity index (χ0) is 14.4. The zero-order valence-corrected chi connectivity index (χ0v) is 12.7. The summed E-state index contributed by atoms with van der Waals surface area (Å²) in [5.74, 6) is 0.443. The topological polar surface area (TPSA) is 52.6 Å². The Labute approximate surface area is 124 Å². The number of hydrogen-bond donors (Lipinski definition) is 2. The quantitative estimate of drug-likeness (QED) is 0.816. The SMILES string of the molecule is CSc1cccc(NC(=O)CN2CCC(CO)CC2)c1. The van der Waals surface area contributed by atoms with Crippen molar-refractivity contribution in [3.63, 3.8) is 0 Å². The number of piperidine rings is 1. The van der Waals surface area contributed by atoms with E-state index in [2.05, 4.69) is 10.2 Å². The fourth-order valence-corrected chi connectivity index (χ4v) is 2.89. The summed E-state index contributed by atoms with van der Waals surface area (Å²) < 4.78 is 0. The van der Waals surface area contributed by atoms with Crippen molar-refractivity contribution in [1.29, 1.82) is 0 Å². The lowest BCUT2D eigenvalue weighted by atomic mass is 9.98. The largest absolute Gasteiger partial charge is 0.396 e. The molecular weight excluding hydrogens is 272 g/mol. The third kappa shape index (κ3) is 4.51. The number of aliphatic hydroxyl groups is 1. The molecule has 4 nitrogen and oxygen atoms in total. The van der Waals surface area contributed by atoms with Crippen LogP contribution in [0.3, 0.4) is 0 Å². The maximum absolute atomic E-state index is 12.0. The van der Waals surface area contributed by atoms with E-state index in [0.29, 0.717) is 12.5 Å². The van der Waals surface area contributed by atoms with Gasteiger partial charge in [0.15, 0.2) is 0 Å². The molecule has 0 atom stereocenters. The molecule has 1 aliphatic heterocycles. The van der Waals surface area contributed by atoms with Gasteiger partial charge in [-0.25, -0.2) is 0 Å². The maximum Gasteiger partial charge on any atom is 0.238 e. The predicted octanol–water partition coefficient (Wildman–Crippen LogP) is 2.05. The highest BCUT2D eigenvalue weighted by atomic mass is 32.2. The molecule has 20 heavy (non-hydrogen) atoms. The number of thioether (sulfide) groups is 1. The second-order valence-corrected chi connectivity index (χ2v) is 6.06. The highest BCUT2D eigenvalue weighted by molar-refractivity contribution is 7.98. The number of anilines is 1. The van der Waals surface area contributed by atoms with Gasteiger partial charge in [0.2, 0.25) is 5.91 Å². The molecule has 0 radical (unpaired) electrons. The number of nitrogens with one attached hydrogen (secondary N) is 1. The van der Waals surface area contributed by atoms with E-state index in [9.17, 15) is 4.79 Å². The van der Waals surface area contributed by atoms with Crippen LogP contribution in [0.2, 0.25) is 0 Å². The van der Waals surface area contributed by atoms with E-state index in [1.54, 1.807) is 11.8 Å². The first-order valence-corrected chi connectivity index (χ1v) is 8.21. The van der Waals surface area contributed by atoms with Crippen LogP contribution in [0.25, 0.3) is 0 Å². The van der Waals surface area contributed by atoms with E-state index in [4.69, 9.17) is 5.11 Å². The maximum atomic E-state index is 12.0. The predicted molar refractivity (Wildman–Crippen MR) is 83.1 cm³/mol. The van der Waals surface area contributed by atoms with Crippen molar-refractivity contribution in [1.82, 2.24) is 4.90 Å². The number of carbonyl (C=O) groups is 1. The summed E-state index contributed by atoms with van der Waals surface area (Å²) in [7, 11) is 0. The van der Waals surface area contributed by atoms with Crippen molar-refractivity contribution in [2.45, 2.75) is 17.7 Å². The number of aliphatic hydroxyl groups excluding tert-OH is 1. The summed E-state index contributed by atoms with van der Waals surface area (Å²) in [6.07, 6.45) is 3.98. The molecule has 110 valence electrons. The fraction of sp³-hybridized carbons (Fsp3) is 0.533. The van der Waals surface area contributed by atoms with Crippen LogP contribution in [0.15, 0.2) is 29.2 Å². The Morgan fingerprint density at radius 2 is 2.20 bits per heavy atom. The number of nitrogens with zero attached hydrogens (tertiary/aromatic N) is 1. The number of likely N-dealkylation sites (tertiary alicyclic amines) is 1. The molecule has 1 aliphatic rings. The van der Waals surface area contributed by atoms with Gasteiger partial charge in [0.25, 0.3) is 0 Å². The van der Waals surface area contributed by atoms with E-state index in [1.165, 1.54) is 0 Å². The fourth-order valence-electron chi connectivity index (χ4n) is 2.43. The third-order valence-corrected chi connectivity index (χ3v) is 4.41. The van der Waals surface area contributed by atoms with E-state index in [-0.39, 0.29) is 12.5 Å². The summed E-state index contributed by atoms with van der Waals surface area (Å²) in [5, 5.41) is 12.0. The molecule has 1 heterocycles. The number of benzene rings is 1. The molecule has 1 aromatic rings. The van der Waals surface area contributed by atoms with Gasteiger partial charge in [-0.2, -0.15) is 0 Å². The molecule has 0 aromatic heterocycles. The smallest absolute Gasteiger partial charge is 0.238 e. The van der Waals surface area contributed by atoms with Crippen LogP contribution in [0.4, 0.5) is 5.69 Å². The van der Waals surface area contributed by atoms with Gasteiger partial charge in [0.1, 0.15) is 0 Å². The van der Waals surface area contributed by atoms with E-state index in [1.807, 2.05) is 30.5 Å². The summed E-state index contributed by atoms with van der Waals surface area (Å²) in [5.41, 5.74) is 0.854. The minimum absolute atomic E-state index is 0.0331. The summed E-state index contributed by atoms with van der Waals surface area (Å²) in [6.45, 7) is 2.48. The minimum atomic E-state index is 0.0331. The average Bonchev–Trinajstić information content (AvgIpc) is 2.48. The van der Waals surface area contributed by atoms with Gasteiger partial charge in [-0.15, -0.1) is 11.8 Å². The summed E-state index contributed by atoms with van der Waals surface area (Å²) in [4.78, 5) is 15.3. The molecular formula is C15H22N2O2S. The summed E-state index contributed by atoms with van der Waals surface area (Å²) in [6, 6.07) is 7.88. The van der Waals surface area contributed by atoms with Crippen LogP contribution in [0, 0.1) is 5.92 Å². The van der Waals surface area contributed by atoms with E-state index >= 15 is 0 Å². The molecule has 1 aromatic carbocycles. The van der Waals surface area contributed by atoms with Gasteiger partial charge in [0.05, 0.1) is 6.54 Å². The van der Waals surface area contributed by atoms with Crippen molar-refractivity contribution in [3.05, 3.63) is 24.3 Å². The van der Waals surface area contributed by atoms with Crippen molar-refractivity contribution >= 4 is 23.4 Å². The monoisotopic (exact) mass is 294 g/mol. The lowest BCUT2D eigenvalue weighted by molar-refractivity contribution is -0.117. The molecule has 1 amide bonds. The van der Waals surface area contributed by atoms with Crippen LogP contribution < -0.4 is 5.32 Å². The Bertz CT molecular complexity index is 445. The first kappa shape index (κ1) is 15.4. The van der Waals surface area contributed by atoms with Crippen LogP contribution in [0.5, 0.6) is 0 Å². The van der Waals surface area contributed by atoms with Gasteiger partial charge in [-0.05, 0) is 56.3 Å². The van der Waals surface area contributed by atoms with Crippen molar-refractivity contribution in [2.75, 3.05) is 37.8 Å². The highest BCUT2D eigenvalue weighted by Gasteiger charge is 2.20. The molecule has 0 unspecified atom stereocenters. The Morgan fingerprint density at radius 3 is 2.85 bits per heavy atom. The Kier molecular flexibility index (Phi) is 5.88. The number of amides is 1. The van der Waals surface area contributed by atoms with Gasteiger partial charge in [-0.3, -0.25) is 9.69 Å². The minimum Gasteiger partial charge on any atom is -0.396 e. The standard InChI is InChI=1S/C15H22N2O2S/c1-20-14-4-2-3-13(9-14)16-15(19)10-17-7-5-12(11-18)6-8-17/h2-4,9,12,18H,5-8,10-11H2,1H3,(H,16,19). The van der Waals surface area contributed by atoms with E-state index in [0.717, 1.165) is 36.5 Å². The highest BCUT2D eigenvalue weighted by Crippen LogP contribution is 2.19. The number of carbonyl (C=O) groups excluding carboxylic acids is 1. The Balaban J connectivity index is 1.80. The third-order valence-electron chi connectivity index (χ3n) is 3.69. The van der Waals surface area contributed by atoms with Crippen LogP contribution in [-0.2, 0) is 4.79 Å². The number of rotatable bonds is 5. The summed E-state index contributed by atoms with van der Waals surface area (Å²) >= 11 is 1.66. The van der Waals surface area contributed by atoms with Crippen LogP contribution in [-0.4, -0.2) is 48.4 Å². The second kappa shape index (κ2) is 7.67. The first-order chi connectivity index (χ1) is 9.71. The molecule has 1 saturated heterocycles. The lowest BCUT2D eigenvalue weighted by Crippen LogP contribution is -2.39. The van der Waals surface area contributed by atoms with Crippen molar-refractivity contribution in [2.24, 2.45) is 5.92 Å². The molecule has 2 rings (SSSR count). The normalized spacial score (nSPS) is 17.1. The Hall–Kier alpha value is -1.04. The molecule has 0 bridgehead atoms. The van der Waals surface area contributed by atoms with Gasteiger partial charge in [0, 0.05) is 17.2 Å². The van der Waals surface area contributed by atoms with Crippen molar-refractivity contribution < 1.29 is 9.90 Å². The molecule has 2 N–H and O–H groups in total. The van der Waals surface area contributed by atoms with E-state index < -0.39 is 0 Å². The Morgan fingerprint density at radius 1 is 1.45 bits per heavy atom. The number of hydrogen-bond acceptors (Lipinski definition) is 4. The second-order valence-electron chi connectivity index (χ2n) is 5.18. The zero-order valence-electron chi connectivity index (χ0n) is 11.8. The molecule has 0 aliphatic carbocycles. The van der Waals surface area contributed by atoms with Crippen LogP contribution >= 0.6 is 11.8 Å². The van der Waals surface area contributed by atoms with Gasteiger partial charge in [-0.1, -0.05) is 6.07 Å². The van der Waals surface area contributed by atoms with Crippen LogP contribution in [0.1, 0.15) is 12.8 Å². The molecule has 1 fully saturated rings. The first-order valence-electron chi connectivity index (χ1n) is 6.98. The lowest BCUT2D eigenvalue weighted by Gasteiger charge is -2.30. The molecule has 5 heteroatoms. The molecule has 0 saturated carbocycles. The van der Waals surface area contributed by atoms with Gasteiger partial charge >= 0.3 is 0 Å².